The first-order chi connectivity index (χ1) is 11.2. The van der Waals surface area contributed by atoms with Crippen LogP contribution in [0.3, 0.4) is 0 Å². The Hall–Kier alpha value is -2.22. The topological polar surface area (TPSA) is 86.5 Å². The minimum atomic E-state index is -0.0108. The van der Waals surface area contributed by atoms with Crippen LogP contribution in [0.2, 0.25) is 0 Å². The van der Waals surface area contributed by atoms with E-state index in [1.807, 2.05) is 6.07 Å². The fourth-order valence-electron chi connectivity index (χ4n) is 1.98. The summed E-state index contributed by atoms with van der Waals surface area (Å²) in [5.41, 5.74) is 0.726. The average Bonchev–Trinajstić information content (AvgIpc) is 3.26. The Morgan fingerprint density at radius 2 is 2.09 bits per heavy atom. The molecule has 0 aliphatic heterocycles. The Labute approximate surface area is 137 Å². The summed E-state index contributed by atoms with van der Waals surface area (Å²) in [4.78, 5) is 11.6. The third-order valence-electron chi connectivity index (χ3n) is 3.31. The predicted molar refractivity (Wildman–Crippen MR) is 84.7 cm³/mol. The lowest BCUT2D eigenvalue weighted by atomic mass is 10.2. The number of amides is 1. The highest BCUT2D eigenvalue weighted by Crippen LogP contribution is 2.32. The van der Waals surface area contributed by atoms with Crippen molar-refractivity contribution >= 4 is 17.7 Å². The van der Waals surface area contributed by atoms with E-state index in [4.69, 9.17) is 13.9 Å². The SMILES string of the molecule is COc1ccc(-c2nnc(SCC(=O)NC3CC3)o2)cc1OC. The Morgan fingerprint density at radius 3 is 2.78 bits per heavy atom. The molecule has 0 radical (unpaired) electrons. The van der Waals surface area contributed by atoms with Crippen molar-refractivity contribution in [2.45, 2.75) is 24.1 Å². The highest BCUT2D eigenvalue weighted by atomic mass is 32.2. The lowest BCUT2D eigenvalue weighted by Crippen LogP contribution is -2.26. The number of carbonyl (C=O) groups is 1. The zero-order chi connectivity index (χ0) is 16.2. The number of methoxy groups -OCH3 is 2. The third kappa shape index (κ3) is 3.95. The number of carbonyl (C=O) groups excluding carboxylic acids is 1. The summed E-state index contributed by atoms with van der Waals surface area (Å²) in [6, 6.07) is 5.70. The van der Waals surface area contributed by atoms with Gasteiger partial charge in [0.1, 0.15) is 0 Å². The summed E-state index contributed by atoms with van der Waals surface area (Å²) in [7, 11) is 3.14. The number of benzene rings is 1. The molecule has 1 fully saturated rings. The van der Waals surface area contributed by atoms with Crippen molar-refractivity contribution in [3.05, 3.63) is 18.2 Å². The minimum absolute atomic E-state index is 0.0108. The molecule has 0 saturated heterocycles. The van der Waals surface area contributed by atoms with Gasteiger partial charge in [-0.1, -0.05) is 11.8 Å². The minimum Gasteiger partial charge on any atom is -0.493 e. The van der Waals surface area contributed by atoms with E-state index in [2.05, 4.69) is 15.5 Å². The lowest BCUT2D eigenvalue weighted by Gasteiger charge is -2.07. The molecule has 0 spiro atoms. The Balaban J connectivity index is 1.65. The molecule has 122 valence electrons. The molecule has 1 aromatic heterocycles. The normalized spacial score (nSPS) is 13.7. The number of nitrogens with zero attached hydrogens (tertiary/aromatic N) is 2. The van der Waals surface area contributed by atoms with E-state index in [0.29, 0.717) is 28.7 Å². The van der Waals surface area contributed by atoms with Gasteiger partial charge in [0.15, 0.2) is 11.5 Å². The highest BCUT2D eigenvalue weighted by molar-refractivity contribution is 7.99. The lowest BCUT2D eigenvalue weighted by molar-refractivity contribution is -0.118. The van der Waals surface area contributed by atoms with E-state index in [9.17, 15) is 4.79 Å². The fourth-order valence-corrected chi connectivity index (χ4v) is 2.55. The van der Waals surface area contributed by atoms with Gasteiger partial charge < -0.3 is 19.2 Å². The van der Waals surface area contributed by atoms with Crippen LogP contribution in [0.1, 0.15) is 12.8 Å². The van der Waals surface area contributed by atoms with Crippen LogP contribution in [0.5, 0.6) is 11.5 Å². The first-order valence-electron chi connectivity index (χ1n) is 7.17. The maximum Gasteiger partial charge on any atom is 0.277 e. The molecule has 8 heteroatoms. The van der Waals surface area contributed by atoms with Crippen LogP contribution in [-0.2, 0) is 4.79 Å². The van der Waals surface area contributed by atoms with E-state index >= 15 is 0 Å². The maximum absolute atomic E-state index is 11.6. The summed E-state index contributed by atoms with van der Waals surface area (Å²) < 4.78 is 16.0. The molecule has 0 atom stereocenters. The van der Waals surface area contributed by atoms with Crippen molar-refractivity contribution < 1.29 is 18.7 Å². The van der Waals surface area contributed by atoms with Crippen molar-refractivity contribution in [2.75, 3.05) is 20.0 Å². The number of rotatable bonds is 7. The Morgan fingerprint density at radius 1 is 1.30 bits per heavy atom. The van der Waals surface area contributed by atoms with Crippen LogP contribution >= 0.6 is 11.8 Å². The van der Waals surface area contributed by atoms with E-state index in [-0.39, 0.29) is 11.7 Å². The van der Waals surface area contributed by atoms with Crippen molar-refractivity contribution in [1.29, 1.82) is 0 Å². The number of ether oxygens (including phenoxy) is 2. The number of thioether (sulfide) groups is 1. The van der Waals surface area contributed by atoms with Gasteiger partial charge in [0.2, 0.25) is 11.8 Å². The number of hydrogen-bond donors (Lipinski definition) is 1. The van der Waals surface area contributed by atoms with Gasteiger partial charge in [0.25, 0.3) is 5.22 Å². The van der Waals surface area contributed by atoms with E-state index in [1.165, 1.54) is 11.8 Å². The molecule has 1 amide bonds. The molecule has 1 heterocycles. The van der Waals surface area contributed by atoms with Crippen molar-refractivity contribution in [3.8, 4) is 23.0 Å². The van der Waals surface area contributed by atoms with Gasteiger partial charge in [0, 0.05) is 11.6 Å². The standard InChI is InChI=1S/C15H17N3O4S/c1-20-11-6-3-9(7-12(11)21-2)14-17-18-15(22-14)23-8-13(19)16-10-4-5-10/h3,6-7,10H,4-5,8H2,1-2H3,(H,16,19). The van der Waals surface area contributed by atoms with E-state index in [0.717, 1.165) is 18.4 Å². The number of nitrogens with one attached hydrogen (secondary N) is 1. The second-order valence-corrected chi connectivity index (χ2v) is 6.00. The van der Waals surface area contributed by atoms with Crippen LogP contribution in [0, 0.1) is 0 Å². The molecule has 1 saturated carbocycles. The van der Waals surface area contributed by atoms with Crippen LogP contribution < -0.4 is 14.8 Å². The zero-order valence-corrected chi connectivity index (χ0v) is 13.7. The van der Waals surface area contributed by atoms with Gasteiger partial charge in [0.05, 0.1) is 20.0 Å². The average molecular weight is 335 g/mol. The summed E-state index contributed by atoms with van der Waals surface area (Å²) in [5, 5.41) is 11.2. The maximum atomic E-state index is 11.6. The molecule has 1 aromatic carbocycles. The quantitative estimate of drug-likeness (QED) is 0.776. The summed E-state index contributed by atoms with van der Waals surface area (Å²) in [5.74, 6) is 1.84. The van der Waals surface area contributed by atoms with Crippen molar-refractivity contribution in [3.63, 3.8) is 0 Å². The molecule has 2 aromatic rings. The molecule has 1 aliphatic rings. The van der Waals surface area contributed by atoms with Gasteiger partial charge in [-0.3, -0.25) is 4.79 Å². The number of hydrogen-bond acceptors (Lipinski definition) is 7. The van der Waals surface area contributed by atoms with Gasteiger partial charge in [-0.05, 0) is 31.0 Å². The number of aromatic nitrogens is 2. The zero-order valence-electron chi connectivity index (χ0n) is 12.9. The van der Waals surface area contributed by atoms with Crippen LogP contribution in [0.15, 0.2) is 27.8 Å². The predicted octanol–water partition coefficient (Wildman–Crippen LogP) is 2.12. The molecule has 0 bridgehead atoms. The molecule has 3 rings (SSSR count). The van der Waals surface area contributed by atoms with E-state index in [1.54, 1.807) is 26.4 Å². The Bertz CT molecular complexity index is 700. The second-order valence-electron chi connectivity index (χ2n) is 5.07. The van der Waals surface area contributed by atoms with Gasteiger partial charge in [-0.25, -0.2) is 0 Å². The van der Waals surface area contributed by atoms with Crippen LogP contribution in [0.4, 0.5) is 0 Å². The molecular formula is C15H17N3O4S. The second kappa shape index (κ2) is 6.91. The summed E-state index contributed by atoms with van der Waals surface area (Å²) in [6.07, 6.45) is 2.14. The van der Waals surface area contributed by atoms with E-state index < -0.39 is 0 Å². The van der Waals surface area contributed by atoms with Crippen LogP contribution in [0.25, 0.3) is 11.5 Å². The van der Waals surface area contributed by atoms with Gasteiger partial charge in [-0.15, -0.1) is 10.2 Å². The van der Waals surface area contributed by atoms with Crippen molar-refractivity contribution in [2.24, 2.45) is 0 Å². The van der Waals surface area contributed by atoms with Crippen molar-refractivity contribution in [1.82, 2.24) is 15.5 Å². The molecule has 0 unspecified atom stereocenters. The molecule has 1 N–H and O–H groups in total. The fraction of sp³-hybridized carbons (Fsp3) is 0.400. The molecule has 23 heavy (non-hydrogen) atoms. The molecule has 1 aliphatic carbocycles. The summed E-state index contributed by atoms with van der Waals surface area (Å²) in [6.45, 7) is 0. The highest BCUT2D eigenvalue weighted by Gasteiger charge is 2.23. The molecule has 7 nitrogen and oxygen atoms in total. The van der Waals surface area contributed by atoms with Crippen LogP contribution in [-0.4, -0.2) is 42.1 Å². The monoisotopic (exact) mass is 335 g/mol. The van der Waals surface area contributed by atoms with Gasteiger partial charge in [-0.2, -0.15) is 0 Å². The first kappa shape index (κ1) is 15.7. The molecular weight excluding hydrogens is 318 g/mol. The summed E-state index contributed by atoms with van der Waals surface area (Å²) >= 11 is 1.22. The third-order valence-corrected chi connectivity index (χ3v) is 4.12. The van der Waals surface area contributed by atoms with Gasteiger partial charge >= 0.3 is 0 Å². The smallest absolute Gasteiger partial charge is 0.277 e. The first-order valence-corrected chi connectivity index (χ1v) is 8.16. The largest absolute Gasteiger partial charge is 0.493 e. The Kier molecular flexibility index (Phi) is 4.71.